The summed E-state index contributed by atoms with van der Waals surface area (Å²) in [7, 11) is 4.03. The molecule has 0 saturated carbocycles. The lowest BCUT2D eigenvalue weighted by molar-refractivity contribution is -0.114. The predicted octanol–water partition coefficient (Wildman–Crippen LogP) is 3.68. The highest BCUT2D eigenvalue weighted by molar-refractivity contribution is 5.87. The van der Waals surface area contributed by atoms with Gasteiger partial charge in [0.25, 0.3) is 0 Å². The second-order valence-corrected chi connectivity index (χ2v) is 10.9. The standard InChI is InChI=1S/C27H35N9O3/c1-17(37)30-23-12-18(7-8-28-23)39-19-11-21-25(29-14-19)32-26(35(21)6)31-24-13-22(27(2,3)4)36(33-24)16-20-15-34(5)9-10-38-20/h7-8,11-14,20H,9-10,15-16H2,1-6H3,(H,28,30,37)(H,29,31,32,33)/t20-/m0/s1. The number of rotatable bonds is 7. The molecular weight excluding hydrogens is 498 g/mol. The van der Waals surface area contributed by atoms with E-state index in [1.54, 1.807) is 24.5 Å². The third-order valence-electron chi connectivity index (χ3n) is 6.49. The second kappa shape index (κ2) is 10.6. The molecular formula is C27H35N9O3. The summed E-state index contributed by atoms with van der Waals surface area (Å²) in [5.41, 5.74) is 2.39. The van der Waals surface area contributed by atoms with Crippen molar-refractivity contribution in [3.05, 3.63) is 42.4 Å². The number of morpholine rings is 1. The Kier molecular flexibility index (Phi) is 7.23. The number of hydrogen-bond donors (Lipinski definition) is 2. The fourth-order valence-electron chi connectivity index (χ4n) is 4.58. The summed E-state index contributed by atoms with van der Waals surface area (Å²) in [4.78, 5) is 26.9. The molecule has 1 saturated heterocycles. The molecule has 0 aromatic carbocycles. The SMILES string of the molecule is CC(=O)Nc1cc(Oc2cnc3nc(Nc4cc(C(C)(C)C)n(C[C@@H]5CN(C)CCO5)n4)n(C)c3c2)ccn1. The molecule has 5 heterocycles. The molecule has 1 aliphatic rings. The first-order valence-corrected chi connectivity index (χ1v) is 12.9. The third-order valence-corrected chi connectivity index (χ3v) is 6.49. The first kappa shape index (κ1) is 26.6. The lowest BCUT2D eigenvalue weighted by atomic mass is 9.92. The number of pyridine rings is 2. The van der Waals surface area contributed by atoms with Crippen molar-refractivity contribution in [2.75, 3.05) is 37.4 Å². The van der Waals surface area contributed by atoms with Crippen molar-refractivity contribution in [3.63, 3.8) is 0 Å². The van der Waals surface area contributed by atoms with E-state index >= 15 is 0 Å². The smallest absolute Gasteiger partial charge is 0.222 e. The van der Waals surface area contributed by atoms with Crippen molar-refractivity contribution in [1.82, 2.24) is 34.2 Å². The van der Waals surface area contributed by atoms with Crippen LogP contribution in [0.15, 0.2) is 36.7 Å². The molecule has 39 heavy (non-hydrogen) atoms. The van der Waals surface area contributed by atoms with Gasteiger partial charge in [0, 0.05) is 62.6 Å². The van der Waals surface area contributed by atoms with Gasteiger partial charge in [-0.3, -0.25) is 9.48 Å². The van der Waals surface area contributed by atoms with Crippen molar-refractivity contribution in [1.29, 1.82) is 0 Å². The minimum atomic E-state index is -0.202. The summed E-state index contributed by atoms with van der Waals surface area (Å²) in [6.45, 7) is 11.2. The van der Waals surface area contributed by atoms with Gasteiger partial charge < -0.3 is 29.6 Å². The summed E-state index contributed by atoms with van der Waals surface area (Å²) in [6.07, 6.45) is 3.28. The first-order valence-electron chi connectivity index (χ1n) is 12.9. The number of imidazole rings is 1. The van der Waals surface area contributed by atoms with Crippen LogP contribution >= 0.6 is 0 Å². The van der Waals surface area contributed by atoms with Crippen LogP contribution in [0.25, 0.3) is 11.2 Å². The van der Waals surface area contributed by atoms with Crippen LogP contribution in [0.1, 0.15) is 33.4 Å². The van der Waals surface area contributed by atoms with Crippen molar-refractivity contribution in [2.24, 2.45) is 7.05 Å². The number of aryl methyl sites for hydroxylation is 1. The van der Waals surface area contributed by atoms with E-state index in [-0.39, 0.29) is 17.4 Å². The number of likely N-dealkylation sites (N-methyl/N-ethyl adjacent to an activating group) is 1. The average Bonchev–Trinajstić information content (AvgIpc) is 3.40. The van der Waals surface area contributed by atoms with Gasteiger partial charge in [0.1, 0.15) is 17.3 Å². The fraction of sp³-hybridized carbons (Fsp3) is 0.444. The molecule has 12 heteroatoms. The molecule has 1 aliphatic heterocycles. The van der Waals surface area contributed by atoms with E-state index < -0.39 is 0 Å². The number of ether oxygens (including phenoxy) is 2. The van der Waals surface area contributed by atoms with Crippen LogP contribution in [0.5, 0.6) is 11.5 Å². The number of nitrogens with one attached hydrogen (secondary N) is 2. The Morgan fingerprint density at radius 1 is 1.15 bits per heavy atom. The monoisotopic (exact) mass is 533 g/mol. The van der Waals surface area contributed by atoms with Crippen LogP contribution in [0.4, 0.5) is 17.6 Å². The lowest BCUT2D eigenvalue weighted by Crippen LogP contribution is -2.42. The highest BCUT2D eigenvalue weighted by Gasteiger charge is 2.25. The largest absolute Gasteiger partial charge is 0.455 e. The zero-order chi connectivity index (χ0) is 27.7. The van der Waals surface area contributed by atoms with Gasteiger partial charge in [0.15, 0.2) is 11.5 Å². The number of nitrogens with zero attached hydrogens (tertiary/aromatic N) is 7. The van der Waals surface area contributed by atoms with Crippen molar-refractivity contribution >= 4 is 34.7 Å². The molecule has 4 aromatic rings. The molecule has 1 amide bonds. The van der Waals surface area contributed by atoms with Gasteiger partial charge in [-0.05, 0) is 13.1 Å². The van der Waals surface area contributed by atoms with Gasteiger partial charge in [-0.2, -0.15) is 10.1 Å². The molecule has 0 spiro atoms. The molecule has 1 atom stereocenters. The van der Waals surface area contributed by atoms with Crippen LogP contribution in [0.2, 0.25) is 0 Å². The number of anilines is 3. The number of fused-ring (bicyclic) bond motifs is 1. The van der Waals surface area contributed by atoms with E-state index in [0.29, 0.717) is 41.3 Å². The molecule has 4 aromatic heterocycles. The number of carbonyl (C=O) groups excluding carboxylic acids is 1. The Morgan fingerprint density at radius 3 is 2.72 bits per heavy atom. The maximum atomic E-state index is 11.3. The first-order chi connectivity index (χ1) is 18.5. The summed E-state index contributed by atoms with van der Waals surface area (Å²) in [6, 6.07) is 7.31. The number of carbonyl (C=O) groups is 1. The Morgan fingerprint density at radius 2 is 1.97 bits per heavy atom. The van der Waals surface area contributed by atoms with Crippen LogP contribution in [-0.2, 0) is 28.5 Å². The average molecular weight is 534 g/mol. The van der Waals surface area contributed by atoms with E-state index in [4.69, 9.17) is 14.6 Å². The topological polar surface area (TPSA) is 124 Å². The molecule has 5 rings (SSSR count). The highest BCUT2D eigenvalue weighted by Crippen LogP contribution is 2.29. The maximum absolute atomic E-state index is 11.3. The van der Waals surface area contributed by atoms with E-state index in [2.05, 4.69) is 64.4 Å². The molecule has 0 aliphatic carbocycles. The molecule has 2 N–H and O–H groups in total. The Balaban J connectivity index is 1.37. The molecule has 0 unspecified atom stereocenters. The number of aromatic nitrogens is 6. The van der Waals surface area contributed by atoms with E-state index in [1.807, 2.05) is 22.4 Å². The molecule has 1 fully saturated rings. The fourth-order valence-corrected chi connectivity index (χ4v) is 4.58. The summed E-state index contributed by atoms with van der Waals surface area (Å²) < 4.78 is 15.9. The van der Waals surface area contributed by atoms with Crippen LogP contribution in [-0.4, -0.2) is 73.0 Å². The van der Waals surface area contributed by atoms with Crippen LogP contribution < -0.4 is 15.4 Å². The quantitative estimate of drug-likeness (QED) is 0.366. The molecule has 12 nitrogen and oxygen atoms in total. The predicted molar refractivity (Wildman–Crippen MR) is 149 cm³/mol. The van der Waals surface area contributed by atoms with Crippen molar-refractivity contribution < 1.29 is 14.3 Å². The minimum Gasteiger partial charge on any atom is -0.455 e. The minimum absolute atomic E-state index is 0.0886. The Labute approximate surface area is 227 Å². The number of hydrogen-bond acceptors (Lipinski definition) is 9. The van der Waals surface area contributed by atoms with Gasteiger partial charge in [-0.25, -0.2) is 9.97 Å². The van der Waals surface area contributed by atoms with Crippen molar-refractivity contribution in [3.8, 4) is 11.5 Å². The Hall–Kier alpha value is -4.03. The van der Waals surface area contributed by atoms with E-state index in [9.17, 15) is 4.79 Å². The van der Waals surface area contributed by atoms with Gasteiger partial charge in [0.05, 0.1) is 31.0 Å². The highest BCUT2D eigenvalue weighted by atomic mass is 16.5. The van der Waals surface area contributed by atoms with Crippen LogP contribution in [0, 0.1) is 0 Å². The normalized spacial score (nSPS) is 16.4. The van der Waals surface area contributed by atoms with Gasteiger partial charge in [-0.15, -0.1) is 0 Å². The van der Waals surface area contributed by atoms with E-state index in [1.165, 1.54) is 6.92 Å². The second-order valence-electron chi connectivity index (χ2n) is 10.9. The zero-order valence-corrected chi connectivity index (χ0v) is 23.2. The number of amides is 1. The van der Waals surface area contributed by atoms with Crippen molar-refractivity contribution in [2.45, 2.75) is 45.8 Å². The summed E-state index contributed by atoms with van der Waals surface area (Å²) >= 11 is 0. The molecule has 206 valence electrons. The summed E-state index contributed by atoms with van der Waals surface area (Å²) in [5, 5.41) is 10.9. The third kappa shape index (κ3) is 6.18. The van der Waals surface area contributed by atoms with Gasteiger partial charge >= 0.3 is 0 Å². The van der Waals surface area contributed by atoms with E-state index in [0.717, 1.165) is 30.9 Å². The zero-order valence-electron chi connectivity index (χ0n) is 23.2. The summed E-state index contributed by atoms with van der Waals surface area (Å²) in [5.74, 6) is 2.60. The molecule has 0 radical (unpaired) electrons. The van der Waals surface area contributed by atoms with Gasteiger partial charge in [-0.1, -0.05) is 20.8 Å². The maximum Gasteiger partial charge on any atom is 0.222 e. The van der Waals surface area contributed by atoms with Crippen LogP contribution in [0.3, 0.4) is 0 Å². The molecule has 0 bridgehead atoms. The van der Waals surface area contributed by atoms with Gasteiger partial charge in [0.2, 0.25) is 11.9 Å². The Bertz CT molecular complexity index is 1490. The lowest BCUT2D eigenvalue weighted by Gasteiger charge is -2.31.